The normalized spacial score (nSPS) is 20.0. The molecule has 0 amide bonds. The number of rotatable bonds is 10. The molecule has 7 heteroatoms. The molecule has 1 aromatic heterocycles. The summed E-state index contributed by atoms with van der Waals surface area (Å²) in [4.78, 5) is 30.5. The summed E-state index contributed by atoms with van der Waals surface area (Å²) in [5, 5.41) is 11.6. The fraction of sp³-hybridized carbons (Fsp3) is 0.722. The first kappa shape index (κ1) is 19.6. The molecule has 1 aromatic rings. The number of hydrogen-bond donors (Lipinski definition) is 1. The van der Waals surface area contributed by atoms with Gasteiger partial charge in [-0.05, 0) is 12.8 Å². The fourth-order valence-electron chi connectivity index (χ4n) is 3.42. The summed E-state index contributed by atoms with van der Waals surface area (Å²) in [5.41, 5.74) is -0.250. The second kappa shape index (κ2) is 8.58. The maximum absolute atomic E-state index is 12.2. The molecule has 2 heterocycles. The van der Waals surface area contributed by atoms with Crippen LogP contribution in [-0.2, 0) is 7.05 Å². The predicted octanol–water partition coefficient (Wildman–Crippen LogP) is 1.55. The van der Waals surface area contributed by atoms with Crippen molar-refractivity contribution in [3.63, 3.8) is 0 Å². The summed E-state index contributed by atoms with van der Waals surface area (Å²) in [6.07, 6.45) is 9.12. The molecule has 1 aliphatic rings. The van der Waals surface area contributed by atoms with Gasteiger partial charge in [0.15, 0.2) is 6.34 Å². The topological polar surface area (TPSA) is 90.3 Å². The fourth-order valence-corrected chi connectivity index (χ4v) is 3.42. The van der Waals surface area contributed by atoms with Gasteiger partial charge in [-0.1, -0.05) is 45.4 Å². The average molecular weight is 350 g/mol. The van der Waals surface area contributed by atoms with Crippen LogP contribution in [0.5, 0.6) is 0 Å². The molecular weight excluding hydrogens is 320 g/mol. The van der Waals surface area contributed by atoms with E-state index in [1.54, 1.807) is 13.4 Å². The molecule has 2 unspecified atom stereocenters. The Morgan fingerprint density at radius 1 is 1.20 bits per heavy atom. The number of fused-ring (bicyclic) bond motifs is 1. The smallest absolute Gasteiger partial charge is 0.330 e. The number of quaternary nitrogens is 1. The van der Waals surface area contributed by atoms with Gasteiger partial charge in [0.05, 0.1) is 13.6 Å². The van der Waals surface area contributed by atoms with E-state index in [2.05, 4.69) is 16.9 Å². The van der Waals surface area contributed by atoms with Crippen LogP contribution in [0, 0.1) is 0 Å². The van der Waals surface area contributed by atoms with Crippen molar-refractivity contribution in [2.45, 2.75) is 64.4 Å². The molecule has 2 atom stereocenters. The van der Waals surface area contributed by atoms with Crippen molar-refractivity contribution in [3.8, 4) is 0 Å². The molecule has 1 N–H and O–H groups in total. The number of aromatic nitrogens is 2. The van der Waals surface area contributed by atoms with Crippen LogP contribution in [0.2, 0.25) is 0 Å². The molecule has 0 spiro atoms. The Hall–Kier alpha value is -1.73. The van der Waals surface area contributed by atoms with E-state index < -0.39 is 11.8 Å². The highest BCUT2D eigenvalue weighted by molar-refractivity contribution is 5.86. The monoisotopic (exact) mass is 350 g/mol. The number of H-pyrrole nitrogens is 1. The summed E-state index contributed by atoms with van der Waals surface area (Å²) in [5.74, 6) is 0.452. The van der Waals surface area contributed by atoms with Crippen LogP contribution >= 0.6 is 0 Å². The van der Waals surface area contributed by atoms with Gasteiger partial charge in [0.1, 0.15) is 0 Å². The molecule has 0 saturated carbocycles. The first-order valence-electron chi connectivity index (χ1n) is 9.29. The largest absolute Gasteiger partial charge is 0.852 e. The standard InChI is InChI=1S/C18H30N4O3/c1-4-10-14(23)11-8-6-5-7-9-12-22(3)13-19-16-15(22)17(24)20-18(25)21(16)2/h13-14H,4-12H2,1-3H3,(H,20,24,25). The maximum atomic E-state index is 12.2. The van der Waals surface area contributed by atoms with Gasteiger partial charge in [0.25, 0.3) is 0 Å². The Kier molecular flexibility index (Phi) is 6.72. The molecule has 140 valence electrons. The molecule has 0 radical (unpaired) electrons. The second-order valence-corrected chi connectivity index (χ2v) is 7.19. The average Bonchev–Trinajstić information content (AvgIpc) is 2.90. The van der Waals surface area contributed by atoms with Gasteiger partial charge >= 0.3 is 11.2 Å². The number of nitrogens with one attached hydrogen (secondary N) is 1. The van der Waals surface area contributed by atoms with Gasteiger partial charge in [0.2, 0.25) is 11.5 Å². The molecular formula is C18H30N4O3. The lowest BCUT2D eigenvalue weighted by Gasteiger charge is -2.24. The highest BCUT2D eigenvalue weighted by Crippen LogP contribution is 2.31. The number of aromatic amines is 1. The second-order valence-electron chi connectivity index (χ2n) is 7.19. The summed E-state index contributed by atoms with van der Waals surface area (Å²) in [6.45, 7) is 2.83. The summed E-state index contributed by atoms with van der Waals surface area (Å²) >= 11 is 0. The highest BCUT2D eigenvalue weighted by atomic mass is 16.3. The first-order chi connectivity index (χ1) is 11.9. The van der Waals surface area contributed by atoms with Crippen LogP contribution in [0.15, 0.2) is 14.6 Å². The molecule has 1 aliphatic heterocycles. The van der Waals surface area contributed by atoms with Gasteiger partial charge in [-0.3, -0.25) is 14.3 Å². The van der Waals surface area contributed by atoms with Gasteiger partial charge in [-0.2, -0.15) is 4.99 Å². The molecule has 25 heavy (non-hydrogen) atoms. The van der Waals surface area contributed by atoms with E-state index >= 15 is 0 Å². The van der Waals surface area contributed by atoms with Crippen molar-refractivity contribution in [2.75, 3.05) is 13.6 Å². The van der Waals surface area contributed by atoms with E-state index in [1.807, 2.05) is 7.05 Å². The van der Waals surface area contributed by atoms with Crippen molar-refractivity contribution in [2.24, 2.45) is 12.0 Å². The summed E-state index contributed by atoms with van der Waals surface area (Å²) in [7, 11) is 3.56. The van der Waals surface area contributed by atoms with Crippen molar-refractivity contribution in [1.29, 1.82) is 0 Å². The zero-order chi connectivity index (χ0) is 18.4. The number of nitrogens with zero attached hydrogens (tertiary/aromatic N) is 3. The van der Waals surface area contributed by atoms with Crippen molar-refractivity contribution < 1.29 is 5.11 Å². The third-order valence-electron chi connectivity index (χ3n) is 4.97. The van der Waals surface area contributed by atoms with Gasteiger partial charge in [-0.25, -0.2) is 9.28 Å². The van der Waals surface area contributed by atoms with Crippen LogP contribution in [-0.4, -0.2) is 35.6 Å². The van der Waals surface area contributed by atoms with E-state index in [0.29, 0.717) is 16.0 Å². The van der Waals surface area contributed by atoms with Gasteiger partial charge in [-0.15, -0.1) is 6.10 Å². The highest BCUT2D eigenvalue weighted by Gasteiger charge is 2.36. The summed E-state index contributed by atoms with van der Waals surface area (Å²) in [6, 6.07) is 0. The zero-order valence-electron chi connectivity index (χ0n) is 15.6. The molecule has 0 aromatic carbocycles. The van der Waals surface area contributed by atoms with Crippen molar-refractivity contribution in [1.82, 2.24) is 14.0 Å². The number of unbranched alkanes of at least 4 members (excludes halogenated alkanes) is 4. The minimum absolute atomic E-state index is 0.331. The predicted molar refractivity (Wildman–Crippen MR) is 99.4 cm³/mol. The van der Waals surface area contributed by atoms with Crippen LogP contribution in [0.25, 0.3) is 0 Å². The lowest BCUT2D eigenvalue weighted by molar-refractivity contribution is -0.422. The minimum atomic E-state index is -0.436. The lowest BCUT2D eigenvalue weighted by atomic mass is 10.0. The molecule has 7 nitrogen and oxygen atoms in total. The van der Waals surface area contributed by atoms with E-state index in [1.165, 1.54) is 4.57 Å². The van der Waals surface area contributed by atoms with Crippen molar-refractivity contribution >= 4 is 17.8 Å². The third-order valence-corrected chi connectivity index (χ3v) is 4.97. The van der Waals surface area contributed by atoms with E-state index in [0.717, 1.165) is 57.9 Å². The first-order valence-corrected chi connectivity index (χ1v) is 9.29. The Labute approximate surface area is 148 Å². The van der Waals surface area contributed by atoms with Crippen LogP contribution in [0.3, 0.4) is 0 Å². The maximum Gasteiger partial charge on any atom is 0.330 e. The Balaban J connectivity index is 1.80. The third kappa shape index (κ3) is 4.67. The lowest BCUT2D eigenvalue weighted by Crippen LogP contribution is -2.47. The van der Waals surface area contributed by atoms with E-state index in [-0.39, 0.29) is 5.56 Å². The molecule has 0 bridgehead atoms. The number of aliphatic imine (C=N–C) groups is 1. The molecule has 2 rings (SSSR count). The van der Waals surface area contributed by atoms with Gasteiger partial charge < -0.3 is 5.11 Å². The van der Waals surface area contributed by atoms with Crippen LogP contribution in [0.4, 0.5) is 11.5 Å². The van der Waals surface area contributed by atoms with E-state index in [4.69, 9.17) is 0 Å². The molecule has 0 fully saturated rings. The van der Waals surface area contributed by atoms with E-state index in [9.17, 15) is 14.7 Å². The Morgan fingerprint density at radius 2 is 1.88 bits per heavy atom. The summed E-state index contributed by atoms with van der Waals surface area (Å²) < 4.78 is 1.71. The van der Waals surface area contributed by atoms with Crippen molar-refractivity contribution in [3.05, 3.63) is 20.8 Å². The zero-order valence-corrected chi connectivity index (χ0v) is 15.6. The Morgan fingerprint density at radius 3 is 2.60 bits per heavy atom. The van der Waals surface area contributed by atoms with Crippen LogP contribution in [0.1, 0.15) is 58.3 Å². The quantitative estimate of drug-likeness (QED) is 0.513. The Bertz CT molecular complexity index is 722. The molecule has 0 aliphatic carbocycles. The molecule has 0 saturated heterocycles. The van der Waals surface area contributed by atoms with Crippen LogP contribution < -0.4 is 20.8 Å². The minimum Gasteiger partial charge on any atom is -0.852 e. The number of hydrogen-bond acceptors (Lipinski definition) is 4. The SMILES string of the molecule is CCCC([O-])CCCCCCC[N+]1(C)C=Nc2c1c(=O)[nH]c(=O)n2C. The van der Waals surface area contributed by atoms with Gasteiger partial charge in [0, 0.05) is 7.05 Å².